The minimum absolute atomic E-state index is 0.770. The molecule has 1 N–H and O–H groups in total. The van der Waals surface area contributed by atoms with Gasteiger partial charge in [-0.2, -0.15) is 0 Å². The fourth-order valence-electron chi connectivity index (χ4n) is 2.36. The summed E-state index contributed by atoms with van der Waals surface area (Å²) in [4.78, 5) is 6.97. The third-order valence-corrected chi connectivity index (χ3v) is 4.45. The highest BCUT2D eigenvalue weighted by Crippen LogP contribution is 2.28. The third kappa shape index (κ3) is 2.28. The molecule has 3 nitrogen and oxygen atoms in total. The molecule has 1 aromatic heterocycles. The van der Waals surface area contributed by atoms with Gasteiger partial charge in [0, 0.05) is 13.6 Å². The van der Waals surface area contributed by atoms with E-state index in [0.29, 0.717) is 0 Å². The van der Waals surface area contributed by atoms with E-state index in [2.05, 4.69) is 40.4 Å². The van der Waals surface area contributed by atoms with E-state index in [-0.39, 0.29) is 0 Å². The number of hydrogen-bond donors (Lipinski definition) is 1. The first-order chi connectivity index (χ1) is 8.33. The molecule has 0 aliphatic carbocycles. The Morgan fingerprint density at radius 3 is 3.12 bits per heavy atom. The van der Waals surface area contributed by atoms with E-state index in [9.17, 15) is 0 Å². The lowest BCUT2D eigenvalue weighted by atomic mass is 10.1. The molecule has 1 fully saturated rings. The second kappa shape index (κ2) is 4.63. The summed E-state index contributed by atoms with van der Waals surface area (Å²) in [5.74, 6) is 0.770. The standard InChI is InChI=1S/C13H17N3S/c1-16(9-10-6-7-14-8-10)13-15-11-4-2-3-5-12(11)17-13/h2-5,10,14H,6-9H2,1H3. The van der Waals surface area contributed by atoms with Gasteiger partial charge < -0.3 is 10.2 Å². The summed E-state index contributed by atoms with van der Waals surface area (Å²) in [5, 5.41) is 4.55. The fraction of sp³-hybridized carbons (Fsp3) is 0.462. The topological polar surface area (TPSA) is 28.2 Å². The van der Waals surface area contributed by atoms with Crippen molar-refractivity contribution in [3.05, 3.63) is 24.3 Å². The van der Waals surface area contributed by atoms with Gasteiger partial charge in [-0.25, -0.2) is 4.98 Å². The van der Waals surface area contributed by atoms with Gasteiger partial charge in [0.05, 0.1) is 10.2 Å². The Labute approximate surface area is 105 Å². The van der Waals surface area contributed by atoms with Crippen LogP contribution in [0.4, 0.5) is 5.13 Å². The number of nitrogens with one attached hydrogen (secondary N) is 1. The Hall–Kier alpha value is -1.13. The normalized spacial score (nSPS) is 19.9. The molecule has 0 radical (unpaired) electrons. The number of thiazole rings is 1. The van der Waals surface area contributed by atoms with E-state index in [4.69, 9.17) is 0 Å². The lowest BCUT2D eigenvalue weighted by Gasteiger charge is -2.19. The molecule has 3 rings (SSSR count). The minimum atomic E-state index is 0.770. The van der Waals surface area contributed by atoms with Crippen molar-refractivity contribution >= 4 is 26.7 Å². The molecule has 1 unspecified atom stereocenters. The zero-order valence-corrected chi connectivity index (χ0v) is 10.8. The lowest BCUT2D eigenvalue weighted by molar-refractivity contribution is 0.578. The van der Waals surface area contributed by atoms with Crippen LogP contribution in [0.2, 0.25) is 0 Å². The fourth-order valence-corrected chi connectivity index (χ4v) is 3.29. The van der Waals surface area contributed by atoms with Crippen LogP contribution in [0.5, 0.6) is 0 Å². The Bertz CT molecular complexity index is 469. The number of aromatic nitrogens is 1. The molecule has 0 spiro atoms. The summed E-state index contributed by atoms with van der Waals surface area (Å²) in [6, 6.07) is 8.35. The maximum Gasteiger partial charge on any atom is 0.186 e. The summed E-state index contributed by atoms with van der Waals surface area (Å²) in [6.45, 7) is 3.42. The maximum atomic E-state index is 4.68. The van der Waals surface area contributed by atoms with Crippen molar-refractivity contribution in [3.8, 4) is 0 Å². The number of benzene rings is 1. The molecule has 90 valence electrons. The summed E-state index contributed by atoms with van der Waals surface area (Å²) in [7, 11) is 2.15. The Morgan fingerprint density at radius 1 is 1.47 bits per heavy atom. The van der Waals surface area contributed by atoms with Gasteiger partial charge in [-0.1, -0.05) is 23.5 Å². The molecule has 1 aliphatic rings. The number of anilines is 1. The lowest BCUT2D eigenvalue weighted by Crippen LogP contribution is -2.26. The molecular formula is C13H17N3S. The first-order valence-corrected chi connectivity index (χ1v) is 6.92. The molecule has 1 aliphatic heterocycles. The third-order valence-electron chi connectivity index (χ3n) is 3.30. The van der Waals surface area contributed by atoms with Gasteiger partial charge in [0.15, 0.2) is 5.13 Å². The molecule has 17 heavy (non-hydrogen) atoms. The zero-order chi connectivity index (χ0) is 11.7. The molecule has 4 heteroatoms. The van der Waals surface area contributed by atoms with E-state index in [1.54, 1.807) is 11.3 Å². The number of fused-ring (bicyclic) bond motifs is 1. The largest absolute Gasteiger partial charge is 0.351 e. The maximum absolute atomic E-state index is 4.68. The average Bonchev–Trinajstić information content (AvgIpc) is 2.96. The van der Waals surface area contributed by atoms with Gasteiger partial charge in [-0.15, -0.1) is 0 Å². The van der Waals surface area contributed by atoms with Gasteiger partial charge >= 0.3 is 0 Å². The smallest absolute Gasteiger partial charge is 0.186 e. The predicted octanol–water partition coefficient (Wildman–Crippen LogP) is 2.34. The van der Waals surface area contributed by atoms with Crippen molar-refractivity contribution < 1.29 is 0 Å². The Balaban J connectivity index is 1.77. The van der Waals surface area contributed by atoms with Crippen molar-refractivity contribution in [3.63, 3.8) is 0 Å². The molecule has 1 saturated heterocycles. The summed E-state index contributed by atoms with van der Waals surface area (Å²) < 4.78 is 1.28. The molecular weight excluding hydrogens is 230 g/mol. The van der Waals surface area contributed by atoms with Gasteiger partial charge in [0.1, 0.15) is 0 Å². The molecule has 1 aromatic carbocycles. The molecule has 1 atom stereocenters. The van der Waals surface area contributed by atoms with Crippen LogP contribution in [0.3, 0.4) is 0 Å². The highest BCUT2D eigenvalue weighted by atomic mass is 32.1. The Morgan fingerprint density at radius 2 is 2.35 bits per heavy atom. The molecule has 0 bridgehead atoms. The highest BCUT2D eigenvalue weighted by molar-refractivity contribution is 7.22. The van der Waals surface area contributed by atoms with Crippen molar-refractivity contribution in [2.24, 2.45) is 5.92 Å². The van der Waals surface area contributed by atoms with E-state index < -0.39 is 0 Å². The van der Waals surface area contributed by atoms with Gasteiger partial charge in [-0.05, 0) is 37.6 Å². The Kier molecular flexibility index (Phi) is 2.99. The first kappa shape index (κ1) is 11.0. The molecule has 0 saturated carbocycles. The van der Waals surface area contributed by atoms with Crippen molar-refractivity contribution in [2.45, 2.75) is 6.42 Å². The van der Waals surface area contributed by atoms with Crippen LogP contribution < -0.4 is 10.2 Å². The van der Waals surface area contributed by atoms with E-state index in [1.165, 1.54) is 17.7 Å². The summed E-state index contributed by atoms with van der Waals surface area (Å²) >= 11 is 1.78. The first-order valence-electron chi connectivity index (χ1n) is 6.10. The molecule has 2 heterocycles. The van der Waals surface area contributed by atoms with Crippen LogP contribution >= 0.6 is 11.3 Å². The summed E-state index contributed by atoms with van der Waals surface area (Å²) in [6.07, 6.45) is 1.29. The van der Waals surface area contributed by atoms with Crippen molar-refractivity contribution in [1.29, 1.82) is 0 Å². The number of para-hydroxylation sites is 1. The quantitative estimate of drug-likeness (QED) is 0.902. The van der Waals surface area contributed by atoms with Crippen LogP contribution in [0, 0.1) is 5.92 Å². The molecule has 2 aromatic rings. The van der Waals surface area contributed by atoms with E-state index in [1.807, 2.05) is 6.07 Å². The second-order valence-electron chi connectivity index (χ2n) is 4.70. The number of nitrogens with zero attached hydrogens (tertiary/aromatic N) is 2. The number of hydrogen-bond acceptors (Lipinski definition) is 4. The monoisotopic (exact) mass is 247 g/mol. The van der Waals surface area contributed by atoms with Gasteiger partial charge in [-0.3, -0.25) is 0 Å². The zero-order valence-electron chi connectivity index (χ0n) is 10.0. The van der Waals surface area contributed by atoms with Crippen LogP contribution in [0.15, 0.2) is 24.3 Å². The highest BCUT2D eigenvalue weighted by Gasteiger charge is 2.18. The van der Waals surface area contributed by atoms with E-state index >= 15 is 0 Å². The molecule has 0 amide bonds. The van der Waals surface area contributed by atoms with Crippen LogP contribution in [-0.4, -0.2) is 31.7 Å². The predicted molar refractivity (Wildman–Crippen MR) is 73.9 cm³/mol. The van der Waals surface area contributed by atoms with Crippen LogP contribution in [0.1, 0.15) is 6.42 Å². The van der Waals surface area contributed by atoms with Crippen molar-refractivity contribution in [1.82, 2.24) is 10.3 Å². The second-order valence-corrected chi connectivity index (χ2v) is 5.71. The van der Waals surface area contributed by atoms with Crippen molar-refractivity contribution in [2.75, 3.05) is 31.6 Å². The van der Waals surface area contributed by atoms with E-state index in [0.717, 1.165) is 29.7 Å². The SMILES string of the molecule is CN(CC1CCNC1)c1nc2ccccc2s1. The van der Waals surface area contributed by atoms with Crippen LogP contribution in [0.25, 0.3) is 10.2 Å². The average molecular weight is 247 g/mol. The minimum Gasteiger partial charge on any atom is -0.351 e. The number of rotatable bonds is 3. The van der Waals surface area contributed by atoms with Gasteiger partial charge in [0.25, 0.3) is 0 Å². The summed E-state index contributed by atoms with van der Waals surface area (Å²) in [5.41, 5.74) is 1.11. The van der Waals surface area contributed by atoms with Gasteiger partial charge in [0.2, 0.25) is 0 Å². The van der Waals surface area contributed by atoms with Crippen LogP contribution in [-0.2, 0) is 0 Å².